The fourth-order valence-corrected chi connectivity index (χ4v) is 4.96. The molecule has 0 aromatic rings. The van der Waals surface area contributed by atoms with Gasteiger partial charge in [-0.3, -0.25) is 9.59 Å². The molecule has 3 saturated heterocycles. The zero-order valence-electron chi connectivity index (χ0n) is 20.0. The lowest BCUT2D eigenvalue weighted by Crippen LogP contribution is -2.87. The first-order valence-corrected chi connectivity index (χ1v) is 11.6. The molecular weight excluding hydrogens is 524 g/mol. The van der Waals surface area contributed by atoms with Gasteiger partial charge < -0.3 is 75.1 Å². The summed E-state index contributed by atoms with van der Waals surface area (Å²) < 4.78 is 20.4. The monoisotopic (exact) mass is 557 g/mol. The molecule has 0 spiro atoms. The van der Waals surface area contributed by atoms with Crippen molar-refractivity contribution >= 4 is 11.9 Å². The summed E-state index contributed by atoms with van der Waals surface area (Å²) in [6.07, 6.45) is -21.2. The largest absolute Gasteiger partial charge is 0.481 e. The minimum absolute atomic E-state index is 0.339. The summed E-state index contributed by atoms with van der Waals surface area (Å²) in [5.41, 5.74) is -9.87. The number of hydrogen-bond donors (Lipinski definition) is 11. The topological polar surface area (TPSA) is 294 Å². The quantitative estimate of drug-likeness (QED) is 0.102. The van der Waals surface area contributed by atoms with Crippen molar-refractivity contribution in [1.29, 1.82) is 0 Å². The van der Waals surface area contributed by atoms with Crippen LogP contribution in [-0.2, 0) is 28.5 Å². The molecule has 17 heteroatoms. The molecule has 3 aliphatic rings. The van der Waals surface area contributed by atoms with Crippen LogP contribution in [0.25, 0.3) is 0 Å². The summed E-state index contributed by atoms with van der Waals surface area (Å²) in [5.74, 6) is -2.82. The average molecular weight is 557 g/mol. The maximum Gasteiger partial charge on any atom is 0.317 e. The van der Waals surface area contributed by atoms with E-state index in [0.29, 0.717) is 6.61 Å². The van der Waals surface area contributed by atoms with Crippen LogP contribution < -0.4 is 0 Å². The van der Waals surface area contributed by atoms with Crippen molar-refractivity contribution in [1.82, 2.24) is 0 Å². The summed E-state index contributed by atoms with van der Waals surface area (Å²) in [6.45, 7) is -1.26. The summed E-state index contributed by atoms with van der Waals surface area (Å²) in [4.78, 5) is 22.3. The highest BCUT2D eigenvalue weighted by Gasteiger charge is 2.77. The van der Waals surface area contributed by atoms with Crippen molar-refractivity contribution in [3.05, 3.63) is 6.61 Å². The van der Waals surface area contributed by atoms with Crippen LogP contribution in [0.2, 0.25) is 0 Å². The molecule has 0 aromatic carbocycles. The van der Waals surface area contributed by atoms with Gasteiger partial charge in [-0.15, -0.1) is 0 Å². The molecule has 11 N–H and O–H groups in total. The first kappa shape index (κ1) is 31.0. The molecule has 0 amide bonds. The SMILES string of the molecule is C[C@H]1OC[C@@](O)([C@@]2(O)[CH]O[C@@H](CO)[C@H](O)[C@]2(O)C2O[C@H](COC(=O)CC(=O)O)[C@@H](O)[C@H](O)[C@H]2O)[C@@H](O)[C@@H]1O. The van der Waals surface area contributed by atoms with Crippen molar-refractivity contribution in [3.63, 3.8) is 0 Å². The Kier molecular flexibility index (Phi) is 9.06. The molecule has 3 fully saturated rings. The lowest BCUT2D eigenvalue weighted by Gasteiger charge is -2.62. The third-order valence-electron chi connectivity index (χ3n) is 7.38. The Morgan fingerprint density at radius 2 is 1.58 bits per heavy atom. The smallest absolute Gasteiger partial charge is 0.317 e. The molecular formula is C21H33O17. The predicted octanol–water partition coefficient (Wildman–Crippen LogP) is -6.90. The Balaban J connectivity index is 2.04. The van der Waals surface area contributed by atoms with Crippen LogP contribution in [0.15, 0.2) is 0 Å². The molecule has 13 atom stereocenters. The normalized spacial score (nSPS) is 49.9. The second kappa shape index (κ2) is 11.1. The number of aliphatic hydroxyl groups excluding tert-OH is 7. The number of carboxylic acid groups (broad SMARTS) is 1. The van der Waals surface area contributed by atoms with Gasteiger partial charge in [-0.1, -0.05) is 0 Å². The van der Waals surface area contributed by atoms with Crippen LogP contribution in [0, 0.1) is 6.61 Å². The van der Waals surface area contributed by atoms with Gasteiger partial charge in [0.25, 0.3) is 0 Å². The van der Waals surface area contributed by atoms with E-state index in [1.165, 1.54) is 6.92 Å². The Morgan fingerprint density at radius 3 is 2.16 bits per heavy atom. The van der Waals surface area contributed by atoms with E-state index in [0.717, 1.165) is 0 Å². The van der Waals surface area contributed by atoms with Crippen molar-refractivity contribution in [2.24, 2.45) is 0 Å². The van der Waals surface area contributed by atoms with E-state index in [1.54, 1.807) is 0 Å². The van der Waals surface area contributed by atoms with Gasteiger partial charge in [0, 0.05) is 0 Å². The first-order chi connectivity index (χ1) is 17.6. The predicted molar refractivity (Wildman–Crippen MR) is 114 cm³/mol. The number of hydrogen-bond acceptors (Lipinski definition) is 16. The minimum atomic E-state index is -3.40. The maximum absolute atomic E-state index is 11.9. The van der Waals surface area contributed by atoms with Gasteiger partial charge in [-0.25, -0.2) is 0 Å². The summed E-state index contributed by atoms with van der Waals surface area (Å²) in [7, 11) is 0. The molecule has 38 heavy (non-hydrogen) atoms. The number of carbonyl (C=O) groups excluding carboxylic acids is 1. The second-order valence-electron chi connectivity index (χ2n) is 9.71. The Bertz CT molecular complexity index is 873. The molecule has 1 radical (unpaired) electrons. The third-order valence-corrected chi connectivity index (χ3v) is 7.38. The highest BCUT2D eigenvalue weighted by molar-refractivity contribution is 5.90. The molecule has 0 aliphatic carbocycles. The van der Waals surface area contributed by atoms with E-state index in [1.807, 2.05) is 0 Å². The lowest BCUT2D eigenvalue weighted by molar-refractivity contribution is -0.394. The minimum Gasteiger partial charge on any atom is -0.481 e. The summed E-state index contributed by atoms with van der Waals surface area (Å²) in [5, 5.41) is 117. The third kappa shape index (κ3) is 4.81. The molecule has 17 nitrogen and oxygen atoms in total. The van der Waals surface area contributed by atoms with E-state index in [9.17, 15) is 60.7 Å². The van der Waals surface area contributed by atoms with E-state index in [-0.39, 0.29) is 0 Å². The lowest BCUT2D eigenvalue weighted by atomic mass is 9.59. The van der Waals surface area contributed by atoms with Crippen molar-refractivity contribution in [2.45, 2.75) is 91.2 Å². The number of carboxylic acids is 1. The zero-order chi connectivity index (χ0) is 28.8. The van der Waals surface area contributed by atoms with Gasteiger partial charge in [0.05, 0.1) is 19.3 Å². The molecule has 3 heterocycles. The van der Waals surface area contributed by atoms with E-state index in [2.05, 4.69) is 0 Å². The van der Waals surface area contributed by atoms with Crippen LogP contribution in [0.5, 0.6) is 0 Å². The van der Waals surface area contributed by atoms with E-state index >= 15 is 0 Å². The van der Waals surface area contributed by atoms with E-state index in [4.69, 9.17) is 24.1 Å². The maximum atomic E-state index is 11.9. The molecule has 0 aromatic heterocycles. The average Bonchev–Trinajstić information content (AvgIpc) is 2.86. The Hall–Kier alpha value is -1.58. The number of carbonyl (C=O) groups is 2. The van der Waals surface area contributed by atoms with Crippen LogP contribution in [0.4, 0.5) is 0 Å². The standard InChI is InChI=1S/C21H33O17/c1-7-12(26)17(31)19(32,5-36-7)20(33)6-37-8(3-22)16(30)21(20,34)18-15(29)14(28)13(27)9(38-18)4-35-11(25)2-10(23)24/h6-9,12-18,22,26-34H,2-5H2,1H3,(H,23,24)/t7-,8+,9-,12-,13-,14+,15-,16+,17+,18?,19+,20+,21+/m1/s1. The fourth-order valence-electron chi connectivity index (χ4n) is 4.96. The van der Waals surface area contributed by atoms with Crippen molar-refractivity contribution < 1.29 is 84.7 Å². The number of esters is 1. The Labute approximate surface area is 215 Å². The molecule has 1 unspecified atom stereocenters. The van der Waals surface area contributed by atoms with Gasteiger partial charge in [0.2, 0.25) is 0 Å². The number of aliphatic hydroxyl groups is 10. The van der Waals surface area contributed by atoms with Crippen LogP contribution in [0.3, 0.4) is 0 Å². The van der Waals surface area contributed by atoms with Crippen LogP contribution in [0.1, 0.15) is 13.3 Å². The molecule has 3 aliphatic heterocycles. The van der Waals surface area contributed by atoms with Crippen LogP contribution >= 0.6 is 0 Å². The van der Waals surface area contributed by atoms with Gasteiger partial charge in [0.1, 0.15) is 74.6 Å². The summed E-state index contributed by atoms with van der Waals surface area (Å²) >= 11 is 0. The molecule has 0 saturated carbocycles. The fraction of sp³-hybridized carbons (Fsp3) is 0.857. The van der Waals surface area contributed by atoms with Crippen molar-refractivity contribution in [2.75, 3.05) is 19.8 Å². The number of aliphatic carboxylic acids is 1. The summed E-state index contributed by atoms with van der Waals surface area (Å²) in [6, 6.07) is 0. The van der Waals surface area contributed by atoms with Gasteiger partial charge in [0.15, 0.2) is 16.8 Å². The highest BCUT2D eigenvalue weighted by atomic mass is 16.6. The molecule has 219 valence electrons. The van der Waals surface area contributed by atoms with E-state index < -0.39 is 116 Å². The number of ether oxygens (including phenoxy) is 4. The molecule has 0 bridgehead atoms. The molecule has 3 rings (SSSR count). The number of rotatable bonds is 7. The zero-order valence-corrected chi connectivity index (χ0v) is 20.0. The van der Waals surface area contributed by atoms with Gasteiger partial charge in [-0.05, 0) is 6.92 Å². The van der Waals surface area contributed by atoms with Crippen LogP contribution in [-0.4, -0.2) is 166 Å². The van der Waals surface area contributed by atoms with Gasteiger partial charge >= 0.3 is 11.9 Å². The second-order valence-corrected chi connectivity index (χ2v) is 9.71. The van der Waals surface area contributed by atoms with Gasteiger partial charge in [-0.2, -0.15) is 0 Å². The highest BCUT2D eigenvalue weighted by Crippen LogP contribution is 2.50. The Morgan fingerprint density at radius 1 is 0.947 bits per heavy atom. The van der Waals surface area contributed by atoms with Crippen molar-refractivity contribution in [3.8, 4) is 0 Å². The first-order valence-electron chi connectivity index (χ1n) is 11.6.